The number of carbonyl (C=O) groups excluding carboxylic acids is 1. The van der Waals surface area contributed by atoms with Crippen LogP contribution in [0.3, 0.4) is 0 Å². The van der Waals surface area contributed by atoms with Crippen molar-refractivity contribution in [3.05, 3.63) is 84.4 Å². The Bertz CT molecular complexity index is 659. The summed E-state index contributed by atoms with van der Waals surface area (Å²) in [6.45, 7) is 5.68. The maximum absolute atomic E-state index is 12.4. The Morgan fingerprint density at radius 3 is 2.31 bits per heavy atom. The molecule has 1 amide bonds. The zero-order valence-electron chi connectivity index (χ0n) is 15.2. The maximum Gasteiger partial charge on any atom is 0.223 e. The predicted molar refractivity (Wildman–Crippen MR) is 105 cm³/mol. The Morgan fingerprint density at radius 1 is 1.12 bits per heavy atom. The number of nitrogens with zero attached hydrogens (tertiary/aromatic N) is 1. The summed E-state index contributed by atoms with van der Waals surface area (Å²) >= 11 is 0. The van der Waals surface area contributed by atoms with Crippen molar-refractivity contribution >= 4 is 5.91 Å². The monoisotopic (exact) mass is 349 g/mol. The van der Waals surface area contributed by atoms with E-state index in [1.807, 2.05) is 17.0 Å². The second-order valence-corrected chi connectivity index (χ2v) is 6.77. The lowest BCUT2D eigenvalue weighted by Crippen LogP contribution is -2.46. The largest absolute Gasteiger partial charge is 0.375 e. The molecule has 136 valence electrons. The zero-order chi connectivity index (χ0) is 18.2. The minimum atomic E-state index is 0.0573. The van der Waals surface area contributed by atoms with Gasteiger partial charge in [-0.3, -0.25) is 4.79 Å². The van der Waals surface area contributed by atoms with Crippen LogP contribution in [0, 0.1) is 0 Å². The topological polar surface area (TPSA) is 29.5 Å². The molecule has 1 aliphatic rings. The SMILES string of the molecule is C=CCCC(=O)N1CCO[C@@H](CC(c2ccccc2)c2ccccc2)C1. The average molecular weight is 349 g/mol. The fraction of sp³-hybridized carbons (Fsp3) is 0.348. The van der Waals surface area contributed by atoms with Gasteiger partial charge in [-0.1, -0.05) is 66.7 Å². The minimum Gasteiger partial charge on any atom is -0.375 e. The van der Waals surface area contributed by atoms with E-state index in [0.29, 0.717) is 26.1 Å². The molecule has 0 unspecified atom stereocenters. The molecule has 0 bridgehead atoms. The van der Waals surface area contributed by atoms with Crippen LogP contribution in [0.4, 0.5) is 0 Å². The van der Waals surface area contributed by atoms with Gasteiger partial charge in [-0.15, -0.1) is 6.58 Å². The third-order valence-corrected chi connectivity index (χ3v) is 4.96. The van der Waals surface area contributed by atoms with Gasteiger partial charge in [-0.2, -0.15) is 0 Å². The van der Waals surface area contributed by atoms with Crippen molar-refractivity contribution < 1.29 is 9.53 Å². The fourth-order valence-corrected chi connectivity index (χ4v) is 3.57. The first kappa shape index (κ1) is 18.4. The molecule has 0 aromatic heterocycles. The molecule has 0 radical (unpaired) electrons. The molecule has 0 aliphatic carbocycles. The molecule has 0 saturated carbocycles. The van der Waals surface area contributed by atoms with Gasteiger partial charge in [-0.25, -0.2) is 0 Å². The predicted octanol–water partition coefficient (Wildman–Crippen LogP) is 4.40. The summed E-state index contributed by atoms with van der Waals surface area (Å²) in [5.74, 6) is 0.472. The van der Waals surface area contributed by atoms with Gasteiger partial charge in [0.2, 0.25) is 5.91 Å². The first-order chi connectivity index (χ1) is 12.8. The Hall–Kier alpha value is -2.39. The molecular weight excluding hydrogens is 322 g/mol. The molecule has 1 aliphatic heterocycles. The van der Waals surface area contributed by atoms with Crippen LogP contribution in [-0.2, 0) is 9.53 Å². The Morgan fingerprint density at radius 2 is 1.73 bits per heavy atom. The smallest absolute Gasteiger partial charge is 0.223 e. The number of hydrogen-bond donors (Lipinski definition) is 0. The van der Waals surface area contributed by atoms with Gasteiger partial charge in [0.1, 0.15) is 0 Å². The van der Waals surface area contributed by atoms with Gasteiger partial charge in [0.25, 0.3) is 0 Å². The number of benzene rings is 2. The van der Waals surface area contributed by atoms with Crippen molar-refractivity contribution in [2.24, 2.45) is 0 Å². The lowest BCUT2D eigenvalue weighted by molar-refractivity contribution is -0.139. The molecule has 1 atom stereocenters. The van der Waals surface area contributed by atoms with E-state index in [1.54, 1.807) is 6.08 Å². The van der Waals surface area contributed by atoms with Crippen LogP contribution in [-0.4, -0.2) is 36.6 Å². The van der Waals surface area contributed by atoms with Crippen LogP contribution >= 0.6 is 0 Å². The third kappa shape index (κ3) is 4.83. The molecule has 2 aromatic rings. The average Bonchev–Trinajstić information content (AvgIpc) is 2.71. The van der Waals surface area contributed by atoms with Crippen molar-refractivity contribution in [3.8, 4) is 0 Å². The molecule has 3 nitrogen and oxygen atoms in total. The number of carbonyl (C=O) groups is 1. The van der Waals surface area contributed by atoms with Gasteiger partial charge >= 0.3 is 0 Å². The van der Waals surface area contributed by atoms with Gasteiger partial charge in [-0.05, 0) is 24.0 Å². The molecule has 1 saturated heterocycles. The molecule has 3 rings (SSSR count). The molecule has 3 heteroatoms. The highest BCUT2D eigenvalue weighted by molar-refractivity contribution is 5.76. The quantitative estimate of drug-likeness (QED) is 0.693. The van der Waals surface area contributed by atoms with Crippen molar-refractivity contribution in [1.82, 2.24) is 4.90 Å². The van der Waals surface area contributed by atoms with Gasteiger partial charge in [0.15, 0.2) is 0 Å². The summed E-state index contributed by atoms with van der Waals surface area (Å²) < 4.78 is 6.02. The van der Waals surface area contributed by atoms with E-state index in [2.05, 4.69) is 55.1 Å². The molecular formula is C23H27NO2. The van der Waals surface area contributed by atoms with E-state index in [0.717, 1.165) is 12.8 Å². The van der Waals surface area contributed by atoms with Crippen LogP contribution in [0.1, 0.15) is 36.3 Å². The Labute approximate surface area is 156 Å². The number of rotatable bonds is 7. The minimum absolute atomic E-state index is 0.0573. The first-order valence-corrected chi connectivity index (χ1v) is 9.38. The normalized spacial score (nSPS) is 17.3. The number of ether oxygens (including phenoxy) is 1. The summed E-state index contributed by atoms with van der Waals surface area (Å²) in [5.41, 5.74) is 2.58. The van der Waals surface area contributed by atoms with E-state index in [1.165, 1.54) is 11.1 Å². The third-order valence-electron chi connectivity index (χ3n) is 4.96. The molecule has 0 N–H and O–H groups in total. The number of hydrogen-bond acceptors (Lipinski definition) is 2. The summed E-state index contributed by atoms with van der Waals surface area (Å²) in [6, 6.07) is 21.1. The van der Waals surface area contributed by atoms with Gasteiger partial charge in [0.05, 0.1) is 12.7 Å². The summed E-state index contributed by atoms with van der Waals surface area (Å²) in [6.07, 6.45) is 4.01. The number of allylic oxidation sites excluding steroid dienone is 1. The Balaban J connectivity index is 1.72. The van der Waals surface area contributed by atoms with E-state index < -0.39 is 0 Å². The van der Waals surface area contributed by atoms with E-state index in [-0.39, 0.29) is 17.9 Å². The van der Waals surface area contributed by atoms with E-state index in [9.17, 15) is 4.79 Å². The van der Waals surface area contributed by atoms with Crippen LogP contribution in [0.2, 0.25) is 0 Å². The first-order valence-electron chi connectivity index (χ1n) is 9.38. The lowest BCUT2D eigenvalue weighted by atomic mass is 9.86. The molecule has 1 heterocycles. The lowest BCUT2D eigenvalue weighted by Gasteiger charge is -2.35. The maximum atomic E-state index is 12.4. The number of morpholine rings is 1. The molecule has 26 heavy (non-hydrogen) atoms. The highest BCUT2D eigenvalue weighted by atomic mass is 16.5. The Kier molecular flexibility index (Phi) is 6.62. The molecule has 2 aromatic carbocycles. The second kappa shape index (κ2) is 9.35. The van der Waals surface area contributed by atoms with Gasteiger partial charge < -0.3 is 9.64 Å². The van der Waals surface area contributed by atoms with E-state index >= 15 is 0 Å². The number of amides is 1. The summed E-state index contributed by atoms with van der Waals surface area (Å²) in [5, 5.41) is 0. The van der Waals surface area contributed by atoms with Crippen LogP contribution in [0.5, 0.6) is 0 Å². The standard InChI is InChI=1S/C23H27NO2/c1-2-3-14-23(25)24-15-16-26-21(18-24)17-22(19-10-6-4-7-11-19)20-12-8-5-9-13-20/h2,4-13,21-22H,1,3,14-18H2/t21-/m0/s1. The van der Waals surface area contributed by atoms with Crippen molar-refractivity contribution in [3.63, 3.8) is 0 Å². The highest BCUT2D eigenvalue weighted by Gasteiger charge is 2.27. The fourth-order valence-electron chi connectivity index (χ4n) is 3.57. The van der Waals surface area contributed by atoms with Crippen LogP contribution in [0.25, 0.3) is 0 Å². The van der Waals surface area contributed by atoms with Crippen molar-refractivity contribution in [2.45, 2.75) is 31.3 Å². The van der Waals surface area contributed by atoms with Crippen LogP contribution < -0.4 is 0 Å². The molecule has 1 fully saturated rings. The van der Waals surface area contributed by atoms with Crippen molar-refractivity contribution in [1.29, 1.82) is 0 Å². The molecule has 0 spiro atoms. The van der Waals surface area contributed by atoms with Crippen LogP contribution in [0.15, 0.2) is 73.3 Å². The zero-order valence-corrected chi connectivity index (χ0v) is 15.2. The highest BCUT2D eigenvalue weighted by Crippen LogP contribution is 2.30. The van der Waals surface area contributed by atoms with Gasteiger partial charge in [0, 0.05) is 25.4 Å². The van der Waals surface area contributed by atoms with Crippen molar-refractivity contribution in [2.75, 3.05) is 19.7 Å². The summed E-state index contributed by atoms with van der Waals surface area (Å²) in [4.78, 5) is 14.3. The van der Waals surface area contributed by atoms with E-state index in [4.69, 9.17) is 4.74 Å². The second-order valence-electron chi connectivity index (χ2n) is 6.77. The summed E-state index contributed by atoms with van der Waals surface area (Å²) in [7, 11) is 0.